The van der Waals surface area contributed by atoms with Crippen molar-refractivity contribution in [1.82, 2.24) is 20.4 Å². The summed E-state index contributed by atoms with van der Waals surface area (Å²) in [5.74, 6) is 0.884. The number of aryl methyl sites for hydroxylation is 1. The van der Waals surface area contributed by atoms with Crippen molar-refractivity contribution < 1.29 is 0 Å². The van der Waals surface area contributed by atoms with Crippen molar-refractivity contribution in [2.24, 2.45) is 4.99 Å². The van der Waals surface area contributed by atoms with Crippen LogP contribution < -0.4 is 10.6 Å². The number of piperazine rings is 1. The van der Waals surface area contributed by atoms with Gasteiger partial charge < -0.3 is 15.5 Å². The Morgan fingerprint density at radius 2 is 2.00 bits per heavy atom. The van der Waals surface area contributed by atoms with E-state index in [9.17, 15) is 0 Å². The van der Waals surface area contributed by atoms with Crippen molar-refractivity contribution in [3.63, 3.8) is 0 Å². The second kappa shape index (κ2) is 9.25. The molecule has 1 aliphatic rings. The predicted molar refractivity (Wildman–Crippen MR) is 100 cm³/mol. The third kappa shape index (κ3) is 5.79. The van der Waals surface area contributed by atoms with Crippen LogP contribution in [0, 0.1) is 6.92 Å². The van der Waals surface area contributed by atoms with Gasteiger partial charge in [0.25, 0.3) is 0 Å². The summed E-state index contributed by atoms with van der Waals surface area (Å²) >= 11 is 1.83. The average molecular weight is 338 g/mol. The third-order valence-electron chi connectivity index (χ3n) is 4.49. The molecule has 2 rings (SSSR count). The molecule has 1 saturated heterocycles. The van der Waals surface area contributed by atoms with E-state index in [1.54, 1.807) is 0 Å². The number of hydrogen-bond acceptors (Lipinski definition) is 4. The molecule has 1 aliphatic heterocycles. The maximum atomic E-state index is 4.32. The maximum Gasteiger partial charge on any atom is 0.191 e. The van der Waals surface area contributed by atoms with Crippen LogP contribution in [0.25, 0.3) is 0 Å². The predicted octanol–water partition coefficient (Wildman–Crippen LogP) is 1.75. The standard InChI is InChI=1S/C17H31N5S/c1-5-21-8-10-22(11-9-21)14(2)12-19-17(18-4)20-13-16-7-6-15(3)23-16/h6-7,14H,5,8-13H2,1-4H3,(H2,18,19,20). The number of hydrogen-bond donors (Lipinski definition) is 2. The fourth-order valence-electron chi connectivity index (χ4n) is 2.87. The first kappa shape index (κ1) is 18.2. The number of likely N-dealkylation sites (N-methyl/N-ethyl adjacent to an activating group) is 1. The Labute approximate surface area is 144 Å². The minimum atomic E-state index is 0.525. The van der Waals surface area contributed by atoms with Gasteiger partial charge >= 0.3 is 0 Å². The second-order valence-electron chi connectivity index (χ2n) is 6.14. The van der Waals surface area contributed by atoms with Crippen LogP contribution in [-0.4, -0.2) is 68.1 Å². The van der Waals surface area contributed by atoms with E-state index in [0.29, 0.717) is 6.04 Å². The first-order valence-corrected chi connectivity index (χ1v) is 9.40. The maximum absolute atomic E-state index is 4.32. The van der Waals surface area contributed by atoms with Crippen LogP contribution in [0.5, 0.6) is 0 Å². The molecular formula is C17H31N5S. The molecule has 2 heterocycles. The van der Waals surface area contributed by atoms with Crippen molar-refractivity contribution in [2.45, 2.75) is 33.4 Å². The molecule has 0 spiro atoms. The molecule has 5 nitrogen and oxygen atoms in total. The summed E-state index contributed by atoms with van der Waals surface area (Å²) in [6.45, 7) is 14.3. The zero-order valence-corrected chi connectivity index (χ0v) is 15.7. The van der Waals surface area contributed by atoms with E-state index < -0.39 is 0 Å². The van der Waals surface area contributed by atoms with Crippen LogP contribution in [0.1, 0.15) is 23.6 Å². The Hall–Kier alpha value is -1.11. The molecular weight excluding hydrogens is 306 g/mol. The van der Waals surface area contributed by atoms with E-state index in [2.05, 4.69) is 58.3 Å². The number of nitrogens with zero attached hydrogens (tertiary/aromatic N) is 3. The Bertz CT molecular complexity index is 491. The van der Waals surface area contributed by atoms with Crippen molar-refractivity contribution in [1.29, 1.82) is 0 Å². The number of rotatable bonds is 6. The second-order valence-corrected chi connectivity index (χ2v) is 7.51. The van der Waals surface area contributed by atoms with E-state index in [1.807, 2.05) is 18.4 Å². The Morgan fingerprint density at radius 3 is 2.57 bits per heavy atom. The third-order valence-corrected chi connectivity index (χ3v) is 5.49. The molecule has 0 radical (unpaired) electrons. The summed E-state index contributed by atoms with van der Waals surface area (Å²) in [5.41, 5.74) is 0. The van der Waals surface area contributed by atoms with Gasteiger partial charge in [-0.25, -0.2) is 0 Å². The molecule has 0 aliphatic carbocycles. The smallest absolute Gasteiger partial charge is 0.191 e. The first-order valence-electron chi connectivity index (χ1n) is 8.58. The molecule has 0 aromatic carbocycles. The largest absolute Gasteiger partial charge is 0.355 e. The number of thiophene rings is 1. The summed E-state index contributed by atoms with van der Waals surface area (Å²) in [6.07, 6.45) is 0. The van der Waals surface area contributed by atoms with E-state index in [1.165, 1.54) is 29.4 Å². The molecule has 130 valence electrons. The topological polar surface area (TPSA) is 42.9 Å². The fourth-order valence-corrected chi connectivity index (χ4v) is 3.70. The first-order chi connectivity index (χ1) is 11.1. The zero-order chi connectivity index (χ0) is 16.7. The molecule has 1 unspecified atom stereocenters. The van der Waals surface area contributed by atoms with Crippen molar-refractivity contribution in [2.75, 3.05) is 46.3 Å². The van der Waals surface area contributed by atoms with Crippen molar-refractivity contribution >= 4 is 17.3 Å². The van der Waals surface area contributed by atoms with Gasteiger partial charge in [-0.05, 0) is 32.5 Å². The van der Waals surface area contributed by atoms with Crippen LogP contribution in [0.4, 0.5) is 0 Å². The van der Waals surface area contributed by atoms with Crippen molar-refractivity contribution in [3.05, 3.63) is 21.9 Å². The molecule has 6 heteroatoms. The minimum Gasteiger partial charge on any atom is -0.355 e. The lowest BCUT2D eigenvalue weighted by atomic mass is 10.2. The Balaban J connectivity index is 1.70. The molecule has 1 aromatic rings. The van der Waals surface area contributed by atoms with Crippen LogP contribution in [0.2, 0.25) is 0 Å². The van der Waals surface area contributed by atoms with Gasteiger partial charge in [0.05, 0.1) is 6.54 Å². The highest BCUT2D eigenvalue weighted by molar-refractivity contribution is 7.11. The molecule has 2 N–H and O–H groups in total. The Kier molecular flexibility index (Phi) is 7.33. The molecule has 1 atom stereocenters. The fraction of sp³-hybridized carbons (Fsp3) is 0.706. The van der Waals surface area contributed by atoms with Gasteiger partial charge in [-0.1, -0.05) is 6.92 Å². The van der Waals surface area contributed by atoms with Gasteiger partial charge in [0.15, 0.2) is 5.96 Å². The van der Waals surface area contributed by atoms with Crippen molar-refractivity contribution in [3.8, 4) is 0 Å². The van der Waals surface area contributed by atoms with Crippen LogP contribution >= 0.6 is 11.3 Å². The molecule has 1 aromatic heterocycles. The number of aliphatic imine (C=N–C) groups is 1. The summed E-state index contributed by atoms with van der Waals surface area (Å²) in [6, 6.07) is 4.86. The van der Waals surface area contributed by atoms with Gasteiger partial charge in [-0.3, -0.25) is 9.89 Å². The average Bonchev–Trinajstić information content (AvgIpc) is 3.00. The molecule has 0 bridgehead atoms. The SMILES string of the molecule is CCN1CCN(C(C)CNC(=NC)NCc2ccc(C)s2)CC1. The molecule has 0 amide bonds. The number of nitrogens with one attached hydrogen (secondary N) is 2. The highest BCUT2D eigenvalue weighted by Crippen LogP contribution is 2.14. The van der Waals surface area contributed by atoms with Crippen LogP contribution in [0.15, 0.2) is 17.1 Å². The van der Waals surface area contributed by atoms with Gasteiger partial charge in [0.1, 0.15) is 0 Å². The van der Waals surface area contributed by atoms with Gasteiger partial charge in [-0.2, -0.15) is 0 Å². The van der Waals surface area contributed by atoms with E-state index >= 15 is 0 Å². The minimum absolute atomic E-state index is 0.525. The van der Waals surface area contributed by atoms with Crippen LogP contribution in [-0.2, 0) is 6.54 Å². The highest BCUT2D eigenvalue weighted by atomic mass is 32.1. The van der Waals surface area contributed by atoms with Gasteiger partial charge in [0.2, 0.25) is 0 Å². The van der Waals surface area contributed by atoms with E-state index in [-0.39, 0.29) is 0 Å². The van der Waals surface area contributed by atoms with E-state index in [0.717, 1.165) is 32.1 Å². The summed E-state index contributed by atoms with van der Waals surface area (Å²) in [4.78, 5) is 12.1. The number of guanidine groups is 1. The molecule has 1 fully saturated rings. The highest BCUT2D eigenvalue weighted by Gasteiger charge is 2.20. The van der Waals surface area contributed by atoms with Crippen LogP contribution in [0.3, 0.4) is 0 Å². The lowest BCUT2D eigenvalue weighted by Gasteiger charge is -2.37. The summed E-state index contributed by atoms with van der Waals surface area (Å²) in [5, 5.41) is 6.85. The molecule has 23 heavy (non-hydrogen) atoms. The lowest BCUT2D eigenvalue weighted by molar-refractivity contribution is 0.107. The van der Waals surface area contributed by atoms with E-state index in [4.69, 9.17) is 0 Å². The van der Waals surface area contributed by atoms with Gasteiger partial charge in [0, 0.05) is 55.6 Å². The summed E-state index contributed by atoms with van der Waals surface area (Å²) in [7, 11) is 1.83. The normalized spacial score (nSPS) is 18.9. The zero-order valence-electron chi connectivity index (χ0n) is 14.9. The lowest BCUT2D eigenvalue weighted by Crippen LogP contribution is -2.53. The molecule has 0 saturated carbocycles. The van der Waals surface area contributed by atoms with Gasteiger partial charge in [-0.15, -0.1) is 11.3 Å². The summed E-state index contributed by atoms with van der Waals surface area (Å²) < 4.78 is 0. The Morgan fingerprint density at radius 1 is 1.26 bits per heavy atom. The monoisotopic (exact) mass is 337 g/mol. The quantitative estimate of drug-likeness (QED) is 0.613.